The summed E-state index contributed by atoms with van der Waals surface area (Å²) in [5, 5.41) is 9.65. The van der Waals surface area contributed by atoms with E-state index in [0.29, 0.717) is 12.8 Å². The van der Waals surface area contributed by atoms with Crippen molar-refractivity contribution in [3.8, 4) is 0 Å². The van der Waals surface area contributed by atoms with Gasteiger partial charge in [-0.3, -0.25) is 9.59 Å². The molecule has 0 heterocycles. The van der Waals surface area contributed by atoms with E-state index in [1.807, 2.05) is 0 Å². The van der Waals surface area contributed by atoms with Crippen LogP contribution in [0.25, 0.3) is 0 Å². The Labute approximate surface area is 420 Å². The van der Waals surface area contributed by atoms with Crippen LogP contribution in [0.3, 0.4) is 0 Å². The van der Waals surface area contributed by atoms with Gasteiger partial charge >= 0.3 is 11.9 Å². The molecule has 0 aliphatic rings. The molecular weight excluding hydrogens is 837 g/mol. The van der Waals surface area contributed by atoms with Gasteiger partial charge in [-0.05, 0) is 109 Å². The second-order valence-corrected chi connectivity index (χ2v) is 18.3. The summed E-state index contributed by atoms with van der Waals surface area (Å²) in [7, 11) is 0. The number of carbonyl (C=O) groups excluding carboxylic acids is 2. The van der Waals surface area contributed by atoms with Gasteiger partial charge in [0.2, 0.25) is 0 Å². The molecule has 386 valence electrons. The molecule has 0 radical (unpaired) electrons. The maximum atomic E-state index is 12.3. The van der Waals surface area contributed by atoms with E-state index in [1.165, 1.54) is 116 Å². The number of esters is 2. The van der Waals surface area contributed by atoms with Crippen LogP contribution in [0.4, 0.5) is 0 Å². The van der Waals surface area contributed by atoms with Crippen LogP contribution in [0.1, 0.15) is 245 Å². The summed E-state index contributed by atoms with van der Waals surface area (Å²) in [5.74, 6) is -0.614. The fourth-order valence-electron chi connectivity index (χ4n) is 7.54. The predicted molar refractivity (Wildman–Crippen MR) is 297 cm³/mol. The maximum absolute atomic E-state index is 12.3. The van der Waals surface area contributed by atoms with Crippen LogP contribution in [-0.2, 0) is 19.1 Å². The second-order valence-electron chi connectivity index (χ2n) is 18.3. The molecule has 1 unspecified atom stereocenters. The molecule has 0 bridgehead atoms. The monoisotopic (exact) mass is 941 g/mol. The number of ether oxygens (including phenoxy) is 2. The fourth-order valence-corrected chi connectivity index (χ4v) is 7.54. The molecule has 5 heteroatoms. The van der Waals surface area contributed by atoms with Gasteiger partial charge in [0.1, 0.15) is 6.61 Å². The van der Waals surface area contributed by atoms with Gasteiger partial charge in [0.05, 0.1) is 6.61 Å². The molecule has 1 atom stereocenters. The van der Waals surface area contributed by atoms with Crippen molar-refractivity contribution in [2.75, 3.05) is 13.2 Å². The molecule has 0 aliphatic carbocycles. The van der Waals surface area contributed by atoms with E-state index in [1.54, 1.807) is 0 Å². The highest BCUT2D eigenvalue weighted by Crippen LogP contribution is 2.14. The second kappa shape index (κ2) is 57.6. The van der Waals surface area contributed by atoms with Gasteiger partial charge in [-0.15, -0.1) is 0 Å². The normalized spacial score (nSPS) is 13.2. The Hall–Kier alpha value is -3.70. The van der Waals surface area contributed by atoms with Crippen molar-refractivity contribution < 1.29 is 24.2 Å². The van der Waals surface area contributed by atoms with E-state index in [2.05, 4.69) is 135 Å². The molecule has 0 aromatic rings. The van der Waals surface area contributed by atoms with Gasteiger partial charge in [0.15, 0.2) is 6.10 Å². The topological polar surface area (TPSA) is 72.8 Å². The van der Waals surface area contributed by atoms with Gasteiger partial charge < -0.3 is 14.6 Å². The van der Waals surface area contributed by atoms with Crippen LogP contribution < -0.4 is 0 Å². The third kappa shape index (κ3) is 54.9. The maximum Gasteiger partial charge on any atom is 0.306 e. The van der Waals surface area contributed by atoms with E-state index >= 15 is 0 Å². The first-order valence-electron chi connectivity index (χ1n) is 28.1. The van der Waals surface area contributed by atoms with Gasteiger partial charge in [-0.2, -0.15) is 0 Å². The molecule has 0 saturated heterocycles. The Morgan fingerprint density at radius 2 is 0.632 bits per heavy atom. The minimum Gasteiger partial charge on any atom is -0.462 e. The summed E-state index contributed by atoms with van der Waals surface area (Å²) in [6.45, 7) is 4.01. The first kappa shape index (κ1) is 64.3. The molecular formula is C63H104O5. The van der Waals surface area contributed by atoms with Gasteiger partial charge in [0, 0.05) is 12.8 Å². The average molecular weight is 942 g/mol. The van der Waals surface area contributed by atoms with E-state index < -0.39 is 6.10 Å². The number of carbonyl (C=O) groups is 2. The van der Waals surface area contributed by atoms with Crippen molar-refractivity contribution in [1.82, 2.24) is 0 Å². The number of allylic oxidation sites excluding steroid dienone is 20. The van der Waals surface area contributed by atoms with Crippen LogP contribution in [0, 0.1) is 0 Å². The molecule has 1 N–H and O–H groups in total. The number of hydrogen-bond donors (Lipinski definition) is 1. The van der Waals surface area contributed by atoms with E-state index in [0.717, 1.165) is 103 Å². The summed E-state index contributed by atoms with van der Waals surface area (Å²) in [6, 6.07) is 0. The highest BCUT2D eigenvalue weighted by Gasteiger charge is 2.16. The third-order valence-corrected chi connectivity index (χ3v) is 11.7. The lowest BCUT2D eigenvalue weighted by Gasteiger charge is -2.15. The zero-order valence-electron chi connectivity index (χ0n) is 44.1. The average Bonchev–Trinajstić information content (AvgIpc) is 3.34. The first-order chi connectivity index (χ1) is 33.6. The molecule has 0 aromatic heterocycles. The van der Waals surface area contributed by atoms with E-state index in [4.69, 9.17) is 9.47 Å². The molecule has 0 aromatic carbocycles. The number of aliphatic hydroxyl groups is 1. The van der Waals surface area contributed by atoms with Crippen molar-refractivity contribution in [2.24, 2.45) is 0 Å². The van der Waals surface area contributed by atoms with Crippen LogP contribution in [-0.4, -0.2) is 36.4 Å². The number of hydrogen-bond acceptors (Lipinski definition) is 5. The standard InChI is InChI=1S/C63H104O5/c1-3-5-7-9-11-13-15-17-19-21-23-25-27-28-29-30-31-32-33-34-36-38-40-42-44-46-48-50-52-54-56-58-63(66)68-61(59-64)60-67-62(65)57-55-53-51-49-47-45-43-41-39-37-35-26-24-22-20-18-16-14-12-10-8-6-4-2/h5,7,11,13,16-19,22-25,28-29,31-32,34,36,40,42,61,64H,3-4,6,8-10,12,14-15,20-21,26-27,30,33,35,37-39,41,43-60H2,1-2H3/b7-5-,13-11-,18-16-,19-17-,24-22-,25-23-,29-28-,32-31-,36-34-,42-40-. The Morgan fingerprint density at radius 3 is 0.956 bits per heavy atom. The largest absolute Gasteiger partial charge is 0.462 e. The molecule has 0 amide bonds. The van der Waals surface area contributed by atoms with Gasteiger partial charge in [-0.1, -0.05) is 245 Å². The Balaban J connectivity index is 3.60. The Bertz CT molecular complexity index is 1390. The van der Waals surface area contributed by atoms with Crippen molar-refractivity contribution >= 4 is 11.9 Å². The number of rotatable bonds is 50. The highest BCUT2D eigenvalue weighted by molar-refractivity contribution is 5.70. The molecule has 5 nitrogen and oxygen atoms in total. The van der Waals surface area contributed by atoms with Gasteiger partial charge in [-0.25, -0.2) is 0 Å². The van der Waals surface area contributed by atoms with E-state index in [-0.39, 0.29) is 25.2 Å². The van der Waals surface area contributed by atoms with Crippen molar-refractivity contribution in [3.05, 3.63) is 122 Å². The van der Waals surface area contributed by atoms with Crippen LogP contribution >= 0.6 is 0 Å². The summed E-state index contributed by atoms with van der Waals surface area (Å²) in [4.78, 5) is 24.5. The number of unbranched alkanes of at least 4 members (excludes halogenated alkanes) is 22. The smallest absolute Gasteiger partial charge is 0.306 e. The zero-order chi connectivity index (χ0) is 49.2. The minimum absolute atomic E-state index is 0.0796. The molecule has 0 rings (SSSR count). The quantitative estimate of drug-likeness (QED) is 0.0374. The SMILES string of the molecule is CC/C=C\C/C=C\C/C=C\C/C=C\C/C=C\C/C=C\C/C=C\C/C=C\CCCCCCCCC(=O)OC(CO)COC(=O)CCCCCCCCCCCCC/C=C\C/C=C\CCCCCCC. The van der Waals surface area contributed by atoms with Crippen molar-refractivity contribution in [1.29, 1.82) is 0 Å². The Kier molecular flexibility index (Phi) is 54.5. The van der Waals surface area contributed by atoms with Crippen molar-refractivity contribution in [2.45, 2.75) is 251 Å². The third-order valence-electron chi connectivity index (χ3n) is 11.7. The highest BCUT2D eigenvalue weighted by atomic mass is 16.6. The summed E-state index contributed by atoms with van der Waals surface area (Å²) in [5.41, 5.74) is 0. The minimum atomic E-state index is -0.790. The fraction of sp³-hybridized carbons (Fsp3) is 0.651. The van der Waals surface area contributed by atoms with Crippen LogP contribution in [0.15, 0.2) is 122 Å². The summed E-state index contributed by atoms with van der Waals surface area (Å²) < 4.78 is 10.7. The molecule has 0 fully saturated rings. The zero-order valence-corrected chi connectivity index (χ0v) is 44.1. The molecule has 0 spiro atoms. The lowest BCUT2D eigenvalue weighted by molar-refractivity contribution is -0.161. The number of aliphatic hydroxyl groups excluding tert-OH is 1. The van der Waals surface area contributed by atoms with Gasteiger partial charge in [0.25, 0.3) is 0 Å². The van der Waals surface area contributed by atoms with Crippen LogP contribution in [0.2, 0.25) is 0 Å². The Morgan fingerprint density at radius 1 is 0.353 bits per heavy atom. The predicted octanol–water partition coefficient (Wildman–Crippen LogP) is 19.1. The van der Waals surface area contributed by atoms with Crippen LogP contribution in [0.5, 0.6) is 0 Å². The van der Waals surface area contributed by atoms with E-state index in [9.17, 15) is 14.7 Å². The lowest BCUT2D eigenvalue weighted by Crippen LogP contribution is -2.28. The molecule has 68 heavy (non-hydrogen) atoms. The molecule has 0 saturated carbocycles. The summed E-state index contributed by atoms with van der Waals surface area (Å²) >= 11 is 0. The molecule has 0 aliphatic heterocycles. The van der Waals surface area contributed by atoms with Crippen molar-refractivity contribution in [3.63, 3.8) is 0 Å². The lowest BCUT2D eigenvalue weighted by atomic mass is 10.0. The summed E-state index contributed by atoms with van der Waals surface area (Å²) in [6.07, 6.45) is 84.4. The first-order valence-corrected chi connectivity index (χ1v) is 28.1.